The maximum Gasteiger partial charge on any atom is 0.416 e. The molecule has 0 saturated heterocycles. The molecule has 0 aliphatic carbocycles. The average Bonchev–Trinajstić information content (AvgIpc) is 2.92. The smallest absolute Gasteiger partial charge is 0.325 e. The molecular formula is C18H18F3N5. The third-order valence-electron chi connectivity index (χ3n) is 3.86. The first-order chi connectivity index (χ1) is 12.3. The minimum atomic E-state index is -4.38. The normalized spacial score (nSPS) is 11.8. The quantitative estimate of drug-likeness (QED) is 0.774. The summed E-state index contributed by atoms with van der Waals surface area (Å²) in [5, 5.41) is 4.39. The van der Waals surface area contributed by atoms with Crippen LogP contribution in [-0.4, -0.2) is 19.7 Å². The van der Waals surface area contributed by atoms with Gasteiger partial charge in [-0.3, -0.25) is 0 Å². The van der Waals surface area contributed by atoms with Crippen molar-refractivity contribution in [3.8, 4) is 5.82 Å². The molecule has 26 heavy (non-hydrogen) atoms. The molecule has 0 fully saturated rings. The zero-order valence-corrected chi connectivity index (χ0v) is 14.4. The van der Waals surface area contributed by atoms with E-state index in [4.69, 9.17) is 5.73 Å². The number of hydrogen-bond donors (Lipinski definition) is 1. The number of alkyl halides is 3. The molecule has 8 heteroatoms. The number of benzene rings is 1. The van der Waals surface area contributed by atoms with Gasteiger partial charge >= 0.3 is 6.18 Å². The fourth-order valence-corrected chi connectivity index (χ4v) is 2.73. The van der Waals surface area contributed by atoms with Gasteiger partial charge in [0.05, 0.1) is 17.0 Å². The molecule has 0 bridgehead atoms. The van der Waals surface area contributed by atoms with Crippen LogP contribution in [0.5, 0.6) is 0 Å². The number of hydrogen-bond acceptors (Lipinski definition) is 4. The Morgan fingerprint density at radius 1 is 1.08 bits per heavy atom. The van der Waals surface area contributed by atoms with Gasteiger partial charge in [-0.25, -0.2) is 14.6 Å². The second kappa shape index (κ2) is 6.87. The highest BCUT2D eigenvalue weighted by Gasteiger charge is 2.30. The predicted octanol–water partition coefficient (Wildman–Crippen LogP) is 3.35. The minimum absolute atomic E-state index is 0.171. The molecule has 0 spiro atoms. The second-order valence-electron chi connectivity index (χ2n) is 6.05. The first-order valence-corrected chi connectivity index (χ1v) is 8.03. The van der Waals surface area contributed by atoms with Crippen molar-refractivity contribution in [2.75, 3.05) is 0 Å². The van der Waals surface area contributed by atoms with E-state index in [0.29, 0.717) is 22.9 Å². The molecule has 1 aromatic carbocycles. The van der Waals surface area contributed by atoms with Gasteiger partial charge in [0.1, 0.15) is 5.82 Å². The lowest BCUT2D eigenvalue weighted by molar-refractivity contribution is -0.137. The van der Waals surface area contributed by atoms with E-state index in [-0.39, 0.29) is 13.0 Å². The lowest BCUT2D eigenvalue weighted by Gasteiger charge is -2.10. The maximum atomic E-state index is 12.9. The third kappa shape index (κ3) is 3.91. The van der Waals surface area contributed by atoms with Crippen molar-refractivity contribution in [3.63, 3.8) is 0 Å². The van der Waals surface area contributed by atoms with Gasteiger partial charge in [-0.1, -0.05) is 18.2 Å². The number of halogens is 3. The molecule has 3 aromatic rings. The summed E-state index contributed by atoms with van der Waals surface area (Å²) in [5.41, 5.74) is 7.85. The first kappa shape index (κ1) is 18.1. The lowest BCUT2D eigenvalue weighted by atomic mass is 10.1. The van der Waals surface area contributed by atoms with Crippen LogP contribution in [0.3, 0.4) is 0 Å². The number of aryl methyl sites for hydroxylation is 2. The molecule has 2 heterocycles. The van der Waals surface area contributed by atoms with Crippen molar-refractivity contribution in [1.29, 1.82) is 0 Å². The van der Waals surface area contributed by atoms with E-state index < -0.39 is 11.7 Å². The summed E-state index contributed by atoms with van der Waals surface area (Å²) in [6, 6.07) is 8.80. The van der Waals surface area contributed by atoms with Crippen molar-refractivity contribution in [2.45, 2.75) is 33.0 Å². The standard InChI is InChI=1S/C18H18F3N5/c1-11-6-12(2)26(25-11)17-9-15(10-22)23-16(24-17)8-13-4-3-5-14(7-13)18(19,20)21/h3-7,9H,8,10,22H2,1-2H3. The Labute approximate surface area is 148 Å². The summed E-state index contributed by atoms with van der Waals surface area (Å²) < 4.78 is 40.4. The van der Waals surface area contributed by atoms with Crippen LogP contribution in [0.25, 0.3) is 5.82 Å². The highest BCUT2D eigenvalue weighted by molar-refractivity contribution is 5.31. The van der Waals surface area contributed by atoms with Crippen LogP contribution in [0.1, 0.15) is 34.0 Å². The van der Waals surface area contributed by atoms with Gasteiger partial charge in [0, 0.05) is 24.7 Å². The van der Waals surface area contributed by atoms with Gasteiger partial charge in [0.15, 0.2) is 5.82 Å². The number of rotatable bonds is 4. The van der Waals surface area contributed by atoms with Gasteiger partial charge in [0.25, 0.3) is 0 Å². The second-order valence-corrected chi connectivity index (χ2v) is 6.05. The van der Waals surface area contributed by atoms with Crippen molar-refractivity contribution in [1.82, 2.24) is 19.7 Å². The summed E-state index contributed by atoms with van der Waals surface area (Å²) >= 11 is 0. The van der Waals surface area contributed by atoms with E-state index >= 15 is 0 Å². The van der Waals surface area contributed by atoms with Crippen LogP contribution in [0.2, 0.25) is 0 Å². The molecule has 0 radical (unpaired) electrons. The number of nitrogens with zero attached hydrogens (tertiary/aromatic N) is 4. The Hall–Kier alpha value is -2.74. The number of nitrogens with two attached hydrogens (primary N) is 1. The zero-order valence-electron chi connectivity index (χ0n) is 14.4. The largest absolute Gasteiger partial charge is 0.416 e. The van der Waals surface area contributed by atoms with Crippen molar-refractivity contribution < 1.29 is 13.2 Å². The highest BCUT2D eigenvalue weighted by atomic mass is 19.4. The Balaban J connectivity index is 1.98. The molecule has 0 unspecified atom stereocenters. The third-order valence-corrected chi connectivity index (χ3v) is 3.86. The molecule has 3 rings (SSSR count). The van der Waals surface area contributed by atoms with Gasteiger partial charge in [0.2, 0.25) is 0 Å². The van der Waals surface area contributed by atoms with Crippen LogP contribution in [0, 0.1) is 13.8 Å². The first-order valence-electron chi connectivity index (χ1n) is 8.03. The molecule has 5 nitrogen and oxygen atoms in total. The van der Waals surface area contributed by atoms with Gasteiger partial charge in [-0.15, -0.1) is 0 Å². The van der Waals surface area contributed by atoms with Gasteiger partial charge in [-0.05, 0) is 31.5 Å². The Bertz CT molecular complexity index is 931. The molecule has 0 atom stereocenters. The van der Waals surface area contributed by atoms with Crippen LogP contribution >= 0.6 is 0 Å². The van der Waals surface area contributed by atoms with Crippen molar-refractivity contribution >= 4 is 0 Å². The van der Waals surface area contributed by atoms with E-state index in [1.807, 2.05) is 19.9 Å². The Kier molecular flexibility index (Phi) is 4.78. The van der Waals surface area contributed by atoms with Crippen LogP contribution in [0.15, 0.2) is 36.4 Å². The Morgan fingerprint density at radius 2 is 1.85 bits per heavy atom. The summed E-state index contributed by atoms with van der Waals surface area (Å²) in [6.07, 6.45) is -4.21. The van der Waals surface area contributed by atoms with E-state index in [0.717, 1.165) is 23.5 Å². The van der Waals surface area contributed by atoms with Gasteiger partial charge in [-0.2, -0.15) is 18.3 Å². The molecule has 0 aliphatic rings. The van der Waals surface area contributed by atoms with E-state index in [1.165, 1.54) is 6.07 Å². The maximum absolute atomic E-state index is 12.9. The molecule has 2 N–H and O–H groups in total. The molecule has 0 aliphatic heterocycles. The summed E-state index contributed by atoms with van der Waals surface area (Å²) in [4.78, 5) is 8.81. The summed E-state index contributed by atoms with van der Waals surface area (Å²) in [6.45, 7) is 3.97. The lowest BCUT2D eigenvalue weighted by Crippen LogP contribution is -2.11. The Morgan fingerprint density at radius 3 is 2.46 bits per heavy atom. The fourth-order valence-electron chi connectivity index (χ4n) is 2.73. The monoisotopic (exact) mass is 361 g/mol. The molecule has 2 aromatic heterocycles. The van der Waals surface area contributed by atoms with Crippen LogP contribution in [-0.2, 0) is 19.1 Å². The highest BCUT2D eigenvalue weighted by Crippen LogP contribution is 2.29. The summed E-state index contributed by atoms with van der Waals surface area (Å²) in [7, 11) is 0. The fraction of sp³-hybridized carbons (Fsp3) is 0.278. The van der Waals surface area contributed by atoms with Crippen LogP contribution in [0.4, 0.5) is 13.2 Å². The van der Waals surface area contributed by atoms with E-state index in [1.54, 1.807) is 16.8 Å². The topological polar surface area (TPSA) is 69.6 Å². The molecule has 0 amide bonds. The molecular weight excluding hydrogens is 343 g/mol. The van der Waals surface area contributed by atoms with Crippen molar-refractivity contribution in [3.05, 3.63) is 70.4 Å². The number of aromatic nitrogens is 4. The SMILES string of the molecule is Cc1cc(C)n(-c2cc(CN)nc(Cc3cccc(C(F)(F)F)c3)n2)n1. The minimum Gasteiger partial charge on any atom is -0.325 e. The molecule has 0 saturated carbocycles. The van der Waals surface area contributed by atoms with E-state index in [2.05, 4.69) is 15.1 Å². The van der Waals surface area contributed by atoms with Gasteiger partial charge < -0.3 is 5.73 Å². The van der Waals surface area contributed by atoms with Crippen molar-refractivity contribution in [2.24, 2.45) is 5.73 Å². The van der Waals surface area contributed by atoms with Crippen LogP contribution < -0.4 is 5.73 Å². The summed E-state index contributed by atoms with van der Waals surface area (Å²) in [5.74, 6) is 0.947. The van der Waals surface area contributed by atoms with E-state index in [9.17, 15) is 13.2 Å². The average molecular weight is 361 g/mol. The zero-order chi connectivity index (χ0) is 18.9. The molecule has 136 valence electrons. The predicted molar refractivity (Wildman–Crippen MR) is 90.8 cm³/mol.